The van der Waals surface area contributed by atoms with E-state index in [0.717, 1.165) is 32.7 Å². The molecule has 82 valence electrons. The summed E-state index contributed by atoms with van der Waals surface area (Å²) in [5.74, 6) is 0. The highest BCUT2D eigenvalue weighted by Crippen LogP contribution is 2.02. The van der Waals surface area contributed by atoms with Gasteiger partial charge in [0.1, 0.15) is 0 Å². The van der Waals surface area contributed by atoms with Crippen LogP contribution in [0.1, 0.15) is 13.3 Å². The summed E-state index contributed by atoms with van der Waals surface area (Å²) in [5.41, 5.74) is 0. The van der Waals surface area contributed by atoms with Crippen LogP contribution in [0.5, 0.6) is 0 Å². The normalized spacial score (nSPS) is 26.0. The number of morpholine rings is 1. The van der Waals surface area contributed by atoms with Crippen LogP contribution >= 0.6 is 0 Å². The third kappa shape index (κ3) is 4.22. The van der Waals surface area contributed by atoms with Crippen LogP contribution in [0.25, 0.3) is 0 Å². The van der Waals surface area contributed by atoms with E-state index in [1.807, 2.05) is 6.08 Å². The van der Waals surface area contributed by atoms with Crippen molar-refractivity contribution in [2.75, 3.05) is 33.3 Å². The van der Waals surface area contributed by atoms with Crippen molar-refractivity contribution in [1.29, 1.82) is 0 Å². The molecule has 0 aromatic rings. The Balaban J connectivity index is 2.13. The fourth-order valence-corrected chi connectivity index (χ4v) is 1.66. The second-order valence-electron chi connectivity index (χ2n) is 4.09. The summed E-state index contributed by atoms with van der Waals surface area (Å²) in [7, 11) is 2.14. The van der Waals surface area contributed by atoms with Gasteiger partial charge in [0.25, 0.3) is 0 Å². The molecule has 0 bridgehead atoms. The quantitative estimate of drug-likeness (QED) is 0.663. The molecule has 3 nitrogen and oxygen atoms in total. The highest BCUT2D eigenvalue weighted by Gasteiger charge is 2.17. The van der Waals surface area contributed by atoms with Gasteiger partial charge >= 0.3 is 0 Å². The Bertz CT molecular complexity index is 173. The molecule has 3 heteroatoms. The average molecular weight is 198 g/mol. The van der Waals surface area contributed by atoms with Gasteiger partial charge in [0.2, 0.25) is 0 Å². The molecule has 1 fully saturated rings. The Morgan fingerprint density at radius 2 is 2.50 bits per heavy atom. The zero-order valence-electron chi connectivity index (χ0n) is 9.33. The molecule has 0 aromatic heterocycles. The van der Waals surface area contributed by atoms with Crippen molar-refractivity contribution in [3.8, 4) is 0 Å². The van der Waals surface area contributed by atoms with Gasteiger partial charge < -0.3 is 15.0 Å². The molecule has 1 aliphatic heterocycles. The van der Waals surface area contributed by atoms with Gasteiger partial charge in [-0.1, -0.05) is 6.08 Å². The van der Waals surface area contributed by atoms with E-state index in [-0.39, 0.29) is 0 Å². The van der Waals surface area contributed by atoms with Crippen LogP contribution in [0.2, 0.25) is 0 Å². The maximum atomic E-state index is 5.65. The van der Waals surface area contributed by atoms with Gasteiger partial charge in [0, 0.05) is 25.7 Å². The van der Waals surface area contributed by atoms with E-state index in [9.17, 15) is 0 Å². The van der Waals surface area contributed by atoms with Crippen molar-refractivity contribution in [1.82, 2.24) is 10.2 Å². The first-order chi connectivity index (χ1) is 6.72. The molecule has 1 N–H and O–H groups in total. The molecule has 0 aromatic carbocycles. The maximum absolute atomic E-state index is 5.65. The molecule has 1 heterocycles. The molecule has 0 spiro atoms. The van der Waals surface area contributed by atoms with E-state index in [0.29, 0.717) is 12.1 Å². The standard InChI is InChI=1S/C11H22N2O/c1-4-5-10(2)12-8-11-9-13(3)6-7-14-11/h4,10-12H,1,5-9H2,2-3H3. The first-order valence-electron chi connectivity index (χ1n) is 5.36. The molecule has 0 radical (unpaired) electrons. The minimum Gasteiger partial charge on any atom is -0.374 e. The van der Waals surface area contributed by atoms with Gasteiger partial charge in [-0.05, 0) is 20.4 Å². The lowest BCUT2D eigenvalue weighted by Crippen LogP contribution is -2.46. The number of nitrogens with one attached hydrogen (secondary N) is 1. The third-order valence-electron chi connectivity index (χ3n) is 2.56. The van der Waals surface area contributed by atoms with Gasteiger partial charge in [0.05, 0.1) is 12.7 Å². The zero-order valence-corrected chi connectivity index (χ0v) is 9.33. The molecule has 1 rings (SSSR count). The van der Waals surface area contributed by atoms with Crippen molar-refractivity contribution >= 4 is 0 Å². The van der Waals surface area contributed by atoms with Crippen LogP contribution in [-0.4, -0.2) is 50.3 Å². The van der Waals surface area contributed by atoms with Crippen molar-refractivity contribution in [3.63, 3.8) is 0 Å². The second kappa shape index (κ2) is 6.17. The van der Waals surface area contributed by atoms with Crippen LogP contribution in [0.3, 0.4) is 0 Å². The highest BCUT2D eigenvalue weighted by molar-refractivity contribution is 4.77. The summed E-state index contributed by atoms with van der Waals surface area (Å²) in [6.07, 6.45) is 3.31. The average Bonchev–Trinajstić information content (AvgIpc) is 2.15. The summed E-state index contributed by atoms with van der Waals surface area (Å²) < 4.78 is 5.65. The van der Waals surface area contributed by atoms with Crippen LogP contribution in [0.4, 0.5) is 0 Å². The summed E-state index contributed by atoms with van der Waals surface area (Å²) >= 11 is 0. The molecular weight excluding hydrogens is 176 g/mol. The number of nitrogens with zero attached hydrogens (tertiary/aromatic N) is 1. The van der Waals surface area contributed by atoms with E-state index >= 15 is 0 Å². The Labute approximate surface area is 87.1 Å². The van der Waals surface area contributed by atoms with Crippen LogP contribution in [-0.2, 0) is 4.74 Å². The minimum atomic E-state index is 0.348. The maximum Gasteiger partial charge on any atom is 0.0826 e. The molecule has 14 heavy (non-hydrogen) atoms. The molecule has 1 saturated heterocycles. The Hall–Kier alpha value is -0.380. The van der Waals surface area contributed by atoms with Gasteiger partial charge in [-0.15, -0.1) is 6.58 Å². The first-order valence-corrected chi connectivity index (χ1v) is 5.36. The van der Waals surface area contributed by atoms with E-state index in [4.69, 9.17) is 4.74 Å². The van der Waals surface area contributed by atoms with Crippen molar-refractivity contribution in [3.05, 3.63) is 12.7 Å². The van der Waals surface area contributed by atoms with E-state index in [1.54, 1.807) is 0 Å². The summed E-state index contributed by atoms with van der Waals surface area (Å²) in [4.78, 5) is 2.31. The van der Waals surface area contributed by atoms with Gasteiger partial charge in [-0.2, -0.15) is 0 Å². The van der Waals surface area contributed by atoms with Gasteiger partial charge in [0.15, 0.2) is 0 Å². The Morgan fingerprint density at radius 3 is 3.14 bits per heavy atom. The van der Waals surface area contributed by atoms with Gasteiger partial charge in [-0.25, -0.2) is 0 Å². The predicted molar refractivity (Wildman–Crippen MR) is 59.5 cm³/mol. The highest BCUT2D eigenvalue weighted by atomic mass is 16.5. The monoisotopic (exact) mass is 198 g/mol. The Morgan fingerprint density at radius 1 is 1.71 bits per heavy atom. The SMILES string of the molecule is C=CCC(C)NCC1CN(C)CCO1. The summed E-state index contributed by atoms with van der Waals surface area (Å²) in [5, 5.41) is 3.45. The van der Waals surface area contributed by atoms with Crippen LogP contribution in [0, 0.1) is 0 Å². The van der Waals surface area contributed by atoms with Crippen LogP contribution in [0.15, 0.2) is 12.7 Å². The first kappa shape index (κ1) is 11.7. The van der Waals surface area contributed by atoms with Gasteiger partial charge in [-0.3, -0.25) is 0 Å². The number of likely N-dealkylation sites (N-methyl/N-ethyl adjacent to an activating group) is 1. The second-order valence-corrected chi connectivity index (χ2v) is 4.09. The predicted octanol–water partition coefficient (Wildman–Crippen LogP) is 0.871. The number of ether oxygens (including phenoxy) is 1. The van der Waals surface area contributed by atoms with Crippen molar-refractivity contribution in [2.45, 2.75) is 25.5 Å². The number of hydrogen-bond donors (Lipinski definition) is 1. The van der Waals surface area contributed by atoms with Crippen molar-refractivity contribution < 1.29 is 4.74 Å². The Kier molecular flexibility index (Phi) is 5.15. The summed E-state index contributed by atoms with van der Waals surface area (Å²) in [6.45, 7) is 9.80. The van der Waals surface area contributed by atoms with E-state index < -0.39 is 0 Å². The van der Waals surface area contributed by atoms with E-state index in [2.05, 4.69) is 30.8 Å². The molecule has 2 atom stereocenters. The molecule has 0 amide bonds. The lowest BCUT2D eigenvalue weighted by Gasteiger charge is -2.30. The fraction of sp³-hybridized carbons (Fsp3) is 0.818. The number of rotatable bonds is 5. The smallest absolute Gasteiger partial charge is 0.0826 e. The van der Waals surface area contributed by atoms with Crippen molar-refractivity contribution in [2.24, 2.45) is 0 Å². The molecular formula is C11H22N2O. The molecule has 0 aliphatic carbocycles. The molecule has 0 saturated carbocycles. The largest absolute Gasteiger partial charge is 0.374 e. The minimum absolute atomic E-state index is 0.348. The third-order valence-corrected chi connectivity index (χ3v) is 2.56. The lowest BCUT2D eigenvalue weighted by atomic mass is 10.2. The topological polar surface area (TPSA) is 24.5 Å². The zero-order chi connectivity index (χ0) is 10.4. The van der Waals surface area contributed by atoms with Crippen LogP contribution < -0.4 is 5.32 Å². The lowest BCUT2D eigenvalue weighted by molar-refractivity contribution is -0.0190. The summed E-state index contributed by atoms with van der Waals surface area (Å²) in [6, 6.07) is 0.503. The van der Waals surface area contributed by atoms with E-state index in [1.165, 1.54) is 0 Å². The molecule has 1 aliphatic rings. The fourth-order valence-electron chi connectivity index (χ4n) is 1.66. The molecule has 2 unspecified atom stereocenters. The number of hydrogen-bond acceptors (Lipinski definition) is 3.